The second-order valence-corrected chi connectivity index (χ2v) is 7.56. The Bertz CT molecular complexity index is 560. The fourth-order valence-electron chi connectivity index (χ4n) is 1.66. The Balaban J connectivity index is 1.89. The molecule has 1 N–H and O–H groups in total. The molecule has 2 aromatic rings. The predicted octanol–water partition coefficient (Wildman–Crippen LogP) is 5.22. The van der Waals surface area contributed by atoms with E-state index in [1.165, 1.54) is 4.90 Å². The molecule has 0 aliphatic rings. The number of thioether (sulfide) groups is 1. The fourth-order valence-corrected chi connectivity index (χ4v) is 3.12. The van der Waals surface area contributed by atoms with Gasteiger partial charge in [0.05, 0.1) is 12.3 Å². The second kappa shape index (κ2) is 6.83. The Hall–Kier alpha value is -0.710. The van der Waals surface area contributed by atoms with Crippen molar-refractivity contribution in [2.75, 3.05) is 0 Å². The van der Waals surface area contributed by atoms with Crippen LogP contribution in [0.25, 0.3) is 0 Å². The van der Waals surface area contributed by atoms with Gasteiger partial charge in [-0.05, 0) is 61.0 Å². The van der Waals surface area contributed by atoms with E-state index in [2.05, 4.69) is 66.3 Å². The summed E-state index contributed by atoms with van der Waals surface area (Å²) in [4.78, 5) is 1.23. The summed E-state index contributed by atoms with van der Waals surface area (Å²) < 4.78 is 6.97. The van der Waals surface area contributed by atoms with Crippen molar-refractivity contribution in [2.24, 2.45) is 0 Å². The zero-order chi connectivity index (χ0) is 14.6. The Morgan fingerprint density at radius 1 is 1.10 bits per heavy atom. The highest BCUT2D eigenvalue weighted by Gasteiger charge is 2.10. The van der Waals surface area contributed by atoms with Gasteiger partial charge in [0.1, 0.15) is 11.5 Å². The molecule has 0 saturated heterocycles. The molecule has 1 aromatic carbocycles. The molecule has 0 aliphatic heterocycles. The van der Waals surface area contributed by atoms with Gasteiger partial charge in [0.25, 0.3) is 0 Å². The highest BCUT2D eigenvalue weighted by Crippen LogP contribution is 2.30. The van der Waals surface area contributed by atoms with Gasteiger partial charge in [-0.3, -0.25) is 0 Å². The maximum absolute atomic E-state index is 5.84. The van der Waals surface area contributed by atoms with Crippen molar-refractivity contribution in [3.05, 3.63) is 52.4 Å². The Labute approximate surface area is 133 Å². The van der Waals surface area contributed by atoms with Crippen LogP contribution in [0.15, 0.2) is 50.2 Å². The van der Waals surface area contributed by atoms with Gasteiger partial charge in [0, 0.05) is 14.9 Å². The summed E-state index contributed by atoms with van der Waals surface area (Å²) in [6.07, 6.45) is 0. The van der Waals surface area contributed by atoms with Gasteiger partial charge in [0.15, 0.2) is 0 Å². The van der Waals surface area contributed by atoms with Crippen LogP contribution in [-0.4, -0.2) is 5.54 Å². The van der Waals surface area contributed by atoms with Gasteiger partial charge in [-0.15, -0.1) is 11.8 Å². The van der Waals surface area contributed by atoms with Crippen molar-refractivity contribution < 1.29 is 4.42 Å². The monoisotopic (exact) mass is 353 g/mol. The van der Waals surface area contributed by atoms with E-state index in [1.807, 2.05) is 12.1 Å². The van der Waals surface area contributed by atoms with E-state index in [9.17, 15) is 0 Å². The van der Waals surface area contributed by atoms with E-state index in [0.29, 0.717) is 0 Å². The normalized spacial score (nSPS) is 11.8. The summed E-state index contributed by atoms with van der Waals surface area (Å²) in [5, 5.41) is 3.43. The van der Waals surface area contributed by atoms with Crippen molar-refractivity contribution in [1.82, 2.24) is 5.32 Å². The summed E-state index contributed by atoms with van der Waals surface area (Å²) in [5.41, 5.74) is 0.108. The molecular weight excluding hydrogens is 334 g/mol. The topological polar surface area (TPSA) is 25.2 Å². The van der Waals surface area contributed by atoms with E-state index in [0.717, 1.165) is 28.3 Å². The zero-order valence-corrected chi connectivity index (χ0v) is 14.5. The Morgan fingerprint density at radius 2 is 1.80 bits per heavy atom. The Morgan fingerprint density at radius 3 is 2.50 bits per heavy atom. The summed E-state index contributed by atoms with van der Waals surface area (Å²) in [5.74, 6) is 2.84. The van der Waals surface area contributed by atoms with E-state index in [4.69, 9.17) is 4.42 Å². The first-order valence-corrected chi connectivity index (χ1v) is 8.42. The number of halogens is 1. The first kappa shape index (κ1) is 15.7. The highest BCUT2D eigenvalue weighted by molar-refractivity contribution is 9.10. The third kappa shape index (κ3) is 5.00. The van der Waals surface area contributed by atoms with Gasteiger partial charge >= 0.3 is 0 Å². The van der Waals surface area contributed by atoms with Gasteiger partial charge in [-0.2, -0.15) is 0 Å². The number of furan rings is 1. The lowest BCUT2D eigenvalue weighted by Crippen LogP contribution is -2.34. The molecular formula is C16H20BrNOS. The lowest BCUT2D eigenvalue weighted by Gasteiger charge is -2.19. The smallest absolute Gasteiger partial charge is 0.118 e. The molecule has 0 fully saturated rings. The summed E-state index contributed by atoms with van der Waals surface area (Å²) in [6, 6.07) is 12.4. The number of benzene rings is 1. The predicted molar refractivity (Wildman–Crippen MR) is 89.0 cm³/mol. The second-order valence-electron chi connectivity index (χ2n) is 5.69. The molecule has 0 spiro atoms. The highest BCUT2D eigenvalue weighted by atomic mass is 79.9. The summed E-state index contributed by atoms with van der Waals surface area (Å²) in [7, 11) is 0. The molecule has 1 heterocycles. The molecule has 1 aromatic heterocycles. The third-order valence-corrected chi connectivity index (χ3v) is 4.77. The van der Waals surface area contributed by atoms with Crippen molar-refractivity contribution in [1.29, 1.82) is 0 Å². The maximum Gasteiger partial charge on any atom is 0.118 e. The molecule has 0 radical (unpaired) electrons. The van der Waals surface area contributed by atoms with Crippen molar-refractivity contribution in [2.45, 2.75) is 43.5 Å². The van der Waals surface area contributed by atoms with Gasteiger partial charge in [-0.1, -0.05) is 12.1 Å². The quantitative estimate of drug-likeness (QED) is 0.745. The standard InChI is InChI=1S/C16H20BrNOS/c1-16(2,3)18-10-12-8-9-13(19-12)11-20-15-7-5-4-6-14(15)17/h4-9,18H,10-11H2,1-3H3. The lowest BCUT2D eigenvalue weighted by atomic mass is 10.1. The maximum atomic E-state index is 5.84. The molecule has 0 saturated carbocycles. The molecule has 0 unspecified atom stereocenters. The minimum atomic E-state index is 0.108. The summed E-state index contributed by atoms with van der Waals surface area (Å²) in [6.45, 7) is 7.22. The average Bonchev–Trinajstić information content (AvgIpc) is 2.83. The van der Waals surface area contributed by atoms with Crippen LogP contribution in [0.3, 0.4) is 0 Å². The van der Waals surface area contributed by atoms with Crippen LogP contribution < -0.4 is 5.32 Å². The molecule has 0 atom stereocenters. The minimum absolute atomic E-state index is 0.108. The van der Waals surface area contributed by atoms with E-state index in [-0.39, 0.29) is 5.54 Å². The molecule has 0 bridgehead atoms. The number of rotatable bonds is 5. The average molecular weight is 354 g/mol. The molecule has 108 valence electrons. The Kier molecular flexibility index (Phi) is 5.35. The van der Waals surface area contributed by atoms with Crippen LogP contribution in [0.2, 0.25) is 0 Å². The first-order chi connectivity index (χ1) is 9.44. The molecule has 20 heavy (non-hydrogen) atoms. The number of hydrogen-bond acceptors (Lipinski definition) is 3. The summed E-state index contributed by atoms with van der Waals surface area (Å²) >= 11 is 5.34. The van der Waals surface area contributed by atoms with E-state index < -0.39 is 0 Å². The van der Waals surface area contributed by atoms with Crippen LogP contribution in [0.4, 0.5) is 0 Å². The minimum Gasteiger partial charge on any atom is -0.464 e. The molecule has 2 nitrogen and oxygen atoms in total. The number of hydrogen-bond donors (Lipinski definition) is 1. The van der Waals surface area contributed by atoms with Crippen molar-refractivity contribution >= 4 is 27.7 Å². The third-order valence-electron chi connectivity index (χ3n) is 2.72. The van der Waals surface area contributed by atoms with Gasteiger partial charge in [-0.25, -0.2) is 0 Å². The van der Waals surface area contributed by atoms with Crippen molar-refractivity contribution in [3.8, 4) is 0 Å². The van der Waals surface area contributed by atoms with E-state index >= 15 is 0 Å². The molecule has 0 amide bonds. The number of nitrogens with one attached hydrogen (secondary N) is 1. The van der Waals surface area contributed by atoms with Crippen LogP contribution in [0, 0.1) is 0 Å². The first-order valence-electron chi connectivity index (χ1n) is 6.64. The van der Waals surface area contributed by atoms with Crippen molar-refractivity contribution in [3.63, 3.8) is 0 Å². The molecule has 4 heteroatoms. The van der Waals surface area contributed by atoms with Crippen LogP contribution in [-0.2, 0) is 12.3 Å². The molecule has 0 aliphatic carbocycles. The zero-order valence-electron chi connectivity index (χ0n) is 12.1. The van der Waals surface area contributed by atoms with Crippen LogP contribution >= 0.6 is 27.7 Å². The molecule has 2 rings (SSSR count). The fraction of sp³-hybridized carbons (Fsp3) is 0.375. The van der Waals surface area contributed by atoms with Gasteiger partial charge in [0.2, 0.25) is 0 Å². The largest absolute Gasteiger partial charge is 0.464 e. The lowest BCUT2D eigenvalue weighted by molar-refractivity contribution is 0.382. The SMILES string of the molecule is CC(C)(C)NCc1ccc(CSc2ccccc2Br)o1. The van der Waals surface area contributed by atoms with E-state index in [1.54, 1.807) is 11.8 Å². The van der Waals surface area contributed by atoms with Crippen LogP contribution in [0.5, 0.6) is 0 Å². The van der Waals surface area contributed by atoms with Gasteiger partial charge < -0.3 is 9.73 Å². The van der Waals surface area contributed by atoms with Crippen LogP contribution in [0.1, 0.15) is 32.3 Å².